The molecule has 0 aliphatic rings. The first kappa shape index (κ1) is 17.0. The predicted molar refractivity (Wildman–Crippen MR) is 85.1 cm³/mol. The number of ketones is 1. The average molecular weight is 335 g/mol. The normalized spacial score (nSPS) is 11.8. The zero-order valence-electron chi connectivity index (χ0n) is 13.3. The summed E-state index contributed by atoms with van der Waals surface area (Å²) < 4.78 is 9.90. The van der Waals surface area contributed by atoms with Crippen LogP contribution in [-0.2, 0) is 9.47 Å². The van der Waals surface area contributed by atoms with Crippen LogP contribution in [0.3, 0.4) is 0 Å². The maximum atomic E-state index is 12.5. The zero-order valence-corrected chi connectivity index (χ0v) is 14.1. The van der Waals surface area contributed by atoms with Gasteiger partial charge in [0.1, 0.15) is 4.88 Å². The maximum absolute atomic E-state index is 12.5. The Bertz CT molecular complexity index is 745. The number of carbonyl (C=O) groups excluding carboxylic acids is 3. The number of aryl methyl sites for hydroxylation is 1. The summed E-state index contributed by atoms with van der Waals surface area (Å²) in [7, 11) is 1.28. The van der Waals surface area contributed by atoms with E-state index in [1.54, 1.807) is 31.4 Å². The first-order chi connectivity index (χ1) is 10.9. The summed E-state index contributed by atoms with van der Waals surface area (Å²) in [4.78, 5) is 39.5. The molecule has 0 saturated heterocycles. The number of ether oxygens (including phenoxy) is 2. The number of hydrogen-bond acceptors (Lipinski definition) is 6. The fourth-order valence-corrected chi connectivity index (χ4v) is 2.88. The lowest BCUT2D eigenvalue weighted by atomic mass is 10.1. The summed E-state index contributed by atoms with van der Waals surface area (Å²) in [5.41, 5.74) is 1.59. The molecule has 0 saturated carbocycles. The van der Waals surface area contributed by atoms with Gasteiger partial charge in [0, 0.05) is 5.69 Å². The van der Waals surface area contributed by atoms with Gasteiger partial charge in [0.2, 0.25) is 5.78 Å². The summed E-state index contributed by atoms with van der Waals surface area (Å²) in [6.45, 7) is 4.83. The Morgan fingerprint density at radius 2 is 1.91 bits per heavy atom. The molecular weight excluding hydrogens is 318 g/mol. The molecule has 0 aliphatic heterocycles. The fourth-order valence-electron chi connectivity index (χ4n) is 2.27. The van der Waals surface area contributed by atoms with Crippen molar-refractivity contribution in [2.45, 2.75) is 26.9 Å². The molecule has 2 rings (SSSR count). The number of esters is 2. The predicted octanol–water partition coefficient (Wildman–Crippen LogP) is 2.91. The smallest absolute Gasteiger partial charge is 0.349 e. The van der Waals surface area contributed by atoms with Crippen molar-refractivity contribution in [3.05, 3.63) is 44.9 Å². The van der Waals surface area contributed by atoms with Gasteiger partial charge in [0.15, 0.2) is 6.10 Å². The van der Waals surface area contributed by atoms with Crippen molar-refractivity contribution in [1.29, 1.82) is 0 Å². The molecule has 6 nitrogen and oxygen atoms in total. The van der Waals surface area contributed by atoms with Crippen molar-refractivity contribution in [1.82, 2.24) is 4.98 Å². The largest absolute Gasteiger partial charge is 0.465 e. The Morgan fingerprint density at radius 1 is 1.22 bits per heavy atom. The van der Waals surface area contributed by atoms with Gasteiger partial charge in [-0.3, -0.25) is 4.79 Å². The van der Waals surface area contributed by atoms with Crippen molar-refractivity contribution >= 4 is 29.1 Å². The number of nitrogens with one attached hydrogen (secondary N) is 1. The molecule has 0 aromatic carbocycles. The van der Waals surface area contributed by atoms with E-state index in [0.29, 0.717) is 21.7 Å². The third-order valence-electron chi connectivity index (χ3n) is 3.45. The van der Waals surface area contributed by atoms with E-state index >= 15 is 0 Å². The molecule has 2 aromatic rings. The van der Waals surface area contributed by atoms with Gasteiger partial charge in [-0.1, -0.05) is 6.07 Å². The highest BCUT2D eigenvalue weighted by Crippen LogP contribution is 2.21. The first-order valence-electron chi connectivity index (χ1n) is 6.93. The number of thiophene rings is 1. The summed E-state index contributed by atoms with van der Waals surface area (Å²) in [6.07, 6.45) is -0.966. The van der Waals surface area contributed by atoms with E-state index in [4.69, 9.17) is 9.47 Å². The van der Waals surface area contributed by atoms with Crippen molar-refractivity contribution in [3.63, 3.8) is 0 Å². The second-order valence-electron chi connectivity index (χ2n) is 5.01. The van der Waals surface area contributed by atoms with Crippen molar-refractivity contribution < 1.29 is 23.9 Å². The number of aromatic nitrogens is 1. The van der Waals surface area contributed by atoms with E-state index < -0.39 is 23.8 Å². The minimum absolute atomic E-state index is 0.245. The molecule has 0 aliphatic carbocycles. The van der Waals surface area contributed by atoms with E-state index in [1.807, 2.05) is 0 Å². The number of Topliss-reactive ketones (excluding diaryl/α,β-unsaturated/α-hetero) is 1. The number of H-pyrrole nitrogens is 1. The number of aromatic amines is 1. The van der Waals surface area contributed by atoms with Crippen LogP contribution in [0.5, 0.6) is 0 Å². The summed E-state index contributed by atoms with van der Waals surface area (Å²) in [5, 5.41) is 1.75. The van der Waals surface area contributed by atoms with Crippen molar-refractivity contribution in [2.24, 2.45) is 0 Å². The Balaban J connectivity index is 2.20. The maximum Gasteiger partial charge on any atom is 0.349 e. The number of rotatable bonds is 5. The van der Waals surface area contributed by atoms with E-state index in [0.717, 1.165) is 0 Å². The SMILES string of the molecule is COC(=O)c1c(C)[nH]c(C(=O)C(C)OC(=O)c2cccs2)c1C. The standard InChI is InChI=1S/C16H17NO5S/c1-8-12(16(20)21-4)9(2)17-13(8)14(18)10(3)22-15(19)11-6-5-7-23-11/h5-7,10,17H,1-4H3. The van der Waals surface area contributed by atoms with Gasteiger partial charge < -0.3 is 14.5 Å². The molecule has 0 radical (unpaired) electrons. The van der Waals surface area contributed by atoms with Crippen LogP contribution in [0.15, 0.2) is 17.5 Å². The second-order valence-corrected chi connectivity index (χ2v) is 5.95. The fraction of sp³-hybridized carbons (Fsp3) is 0.312. The highest BCUT2D eigenvalue weighted by molar-refractivity contribution is 7.11. The van der Waals surface area contributed by atoms with Crippen molar-refractivity contribution in [2.75, 3.05) is 7.11 Å². The molecule has 2 aromatic heterocycles. The van der Waals surface area contributed by atoms with Gasteiger partial charge >= 0.3 is 11.9 Å². The van der Waals surface area contributed by atoms with Crippen LogP contribution in [-0.4, -0.2) is 35.9 Å². The molecular formula is C16H17NO5S. The lowest BCUT2D eigenvalue weighted by molar-refractivity contribution is 0.0321. The molecule has 1 atom stereocenters. The molecule has 0 bridgehead atoms. The third-order valence-corrected chi connectivity index (χ3v) is 4.30. The monoisotopic (exact) mass is 335 g/mol. The second kappa shape index (κ2) is 6.78. The average Bonchev–Trinajstić information content (AvgIpc) is 3.14. The van der Waals surface area contributed by atoms with Crippen LogP contribution < -0.4 is 0 Å². The minimum Gasteiger partial charge on any atom is -0.465 e. The minimum atomic E-state index is -0.966. The Morgan fingerprint density at radius 3 is 2.48 bits per heavy atom. The molecule has 0 amide bonds. The topological polar surface area (TPSA) is 85.5 Å². The van der Waals surface area contributed by atoms with E-state index in [2.05, 4.69) is 4.98 Å². The van der Waals surface area contributed by atoms with Gasteiger partial charge in [0.05, 0.1) is 18.4 Å². The van der Waals surface area contributed by atoms with Crippen molar-refractivity contribution in [3.8, 4) is 0 Å². The molecule has 7 heteroatoms. The first-order valence-corrected chi connectivity index (χ1v) is 7.81. The lowest BCUT2D eigenvalue weighted by Gasteiger charge is -2.11. The summed E-state index contributed by atoms with van der Waals surface area (Å²) in [5.74, 6) is -1.46. The van der Waals surface area contributed by atoms with Crippen LogP contribution in [0.2, 0.25) is 0 Å². The molecule has 1 N–H and O–H groups in total. The summed E-state index contributed by atoms with van der Waals surface area (Å²) in [6, 6.07) is 3.36. The van der Waals surface area contributed by atoms with Gasteiger partial charge in [-0.15, -0.1) is 11.3 Å². The highest BCUT2D eigenvalue weighted by atomic mass is 32.1. The number of methoxy groups -OCH3 is 1. The Labute approximate surface area is 137 Å². The molecule has 0 fully saturated rings. The summed E-state index contributed by atoms with van der Waals surface area (Å²) >= 11 is 1.24. The van der Waals surface area contributed by atoms with E-state index in [9.17, 15) is 14.4 Å². The van der Waals surface area contributed by atoms with Gasteiger partial charge in [-0.05, 0) is 37.8 Å². The zero-order chi connectivity index (χ0) is 17.1. The molecule has 23 heavy (non-hydrogen) atoms. The van der Waals surface area contributed by atoms with Crippen LogP contribution in [0.1, 0.15) is 48.7 Å². The molecule has 1 unspecified atom stereocenters. The number of hydrogen-bond donors (Lipinski definition) is 1. The quantitative estimate of drug-likeness (QED) is 0.671. The Kier molecular flexibility index (Phi) is 5.00. The van der Waals surface area contributed by atoms with E-state index in [-0.39, 0.29) is 5.69 Å². The third kappa shape index (κ3) is 3.34. The van der Waals surface area contributed by atoms with Crippen LogP contribution in [0, 0.1) is 13.8 Å². The van der Waals surface area contributed by atoms with Gasteiger partial charge in [-0.2, -0.15) is 0 Å². The van der Waals surface area contributed by atoms with Crippen LogP contribution in [0.25, 0.3) is 0 Å². The molecule has 0 spiro atoms. The lowest BCUT2D eigenvalue weighted by Crippen LogP contribution is -2.25. The van der Waals surface area contributed by atoms with Crippen LogP contribution in [0.4, 0.5) is 0 Å². The van der Waals surface area contributed by atoms with Gasteiger partial charge in [-0.25, -0.2) is 9.59 Å². The molecule has 122 valence electrons. The van der Waals surface area contributed by atoms with Gasteiger partial charge in [0.25, 0.3) is 0 Å². The Hall–Kier alpha value is -2.41. The highest BCUT2D eigenvalue weighted by Gasteiger charge is 2.27. The van der Waals surface area contributed by atoms with E-state index in [1.165, 1.54) is 25.4 Å². The van der Waals surface area contributed by atoms with Crippen LogP contribution >= 0.6 is 11.3 Å². The molecule has 2 heterocycles. The number of carbonyl (C=O) groups is 3.